The molecule has 0 aliphatic carbocycles. The van der Waals surface area contributed by atoms with E-state index >= 15 is 0 Å². The number of halogens is 1. The molecule has 2 aromatic rings. The second kappa shape index (κ2) is 6.60. The number of anilines is 2. The highest BCUT2D eigenvalue weighted by Crippen LogP contribution is 2.22. The molecule has 1 aromatic heterocycles. The summed E-state index contributed by atoms with van der Waals surface area (Å²) in [6, 6.07) is 8.06. The molecule has 1 aromatic carbocycles. The number of hydrogen-bond acceptors (Lipinski definition) is 6. The number of rotatable bonds is 4. The van der Waals surface area contributed by atoms with E-state index in [0.717, 1.165) is 47.9 Å². The van der Waals surface area contributed by atoms with Crippen LogP contribution in [0.3, 0.4) is 0 Å². The summed E-state index contributed by atoms with van der Waals surface area (Å²) in [7, 11) is 1.87. The first kappa shape index (κ1) is 14.6. The first-order valence-corrected chi connectivity index (χ1v) is 8.17. The third kappa shape index (κ3) is 3.64. The van der Waals surface area contributed by atoms with Gasteiger partial charge in [0.05, 0.1) is 6.54 Å². The lowest BCUT2D eigenvalue weighted by Gasteiger charge is -2.35. The van der Waals surface area contributed by atoms with Crippen molar-refractivity contribution in [2.45, 2.75) is 6.54 Å². The molecule has 0 unspecified atom stereocenters. The number of aromatic nitrogens is 2. The highest BCUT2D eigenvalue weighted by molar-refractivity contribution is 7.15. The van der Waals surface area contributed by atoms with Crippen LogP contribution < -0.4 is 10.2 Å². The van der Waals surface area contributed by atoms with Gasteiger partial charge in [-0.2, -0.15) is 0 Å². The van der Waals surface area contributed by atoms with Crippen molar-refractivity contribution in [3.63, 3.8) is 0 Å². The topological polar surface area (TPSA) is 44.3 Å². The van der Waals surface area contributed by atoms with E-state index in [1.165, 1.54) is 5.69 Å². The normalized spacial score (nSPS) is 16.2. The molecule has 0 amide bonds. The van der Waals surface area contributed by atoms with E-state index in [-0.39, 0.29) is 0 Å². The van der Waals surface area contributed by atoms with Crippen molar-refractivity contribution in [2.75, 3.05) is 43.4 Å². The Labute approximate surface area is 133 Å². The monoisotopic (exact) mass is 323 g/mol. The van der Waals surface area contributed by atoms with Gasteiger partial charge in [-0.25, -0.2) is 0 Å². The molecule has 0 saturated carbocycles. The summed E-state index contributed by atoms with van der Waals surface area (Å²) in [5.41, 5.74) is 1.20. The average Bonchev–Trinajstić information content (AvgIpc) is 2.96. The molecule has 1 aliphatic rings. The van der Waals surface area contributed by atoms with E-state index in [1.807, 2.05) is 25.2 Å². The fourth-order valence-corrected chi connectivity index (χ4v) is 3.37. The maximum Gasteiger partial charge on any atom is 0.205 e. The van der Waals surface area contributed by atoms with Crippen LogP contribution in [0.4, 0.5) is 10.8 Å². The SMILES string of the molecule is CNc1nnc(CN2CCN(c3cccc(Cl)c3)CC2)s1. The summed E-state index contributed by atoms with van der Waals surface area (Å²) in [5, 5.41) is 14.0. The Hall–Kier alpha value is -1.37. The van der Waals surface area contributed by atoms with Crippen molar-refractivity contribution >= 4 is 33.8 Å². The maximum absolute atomic E-state index is 6.06. The van der Waals surface area contributed by atoms with Crippen LogP contribution in [0.15, 0.2) is 24.3 Å². The zero-order valence-electron chi connectivity index (χ0n) is 11.9. The molecule has 7 heteroatoms. The molecule has 2 heterocycles. The molecule has 21 heavy (non-hydrogen) atoms. The molecule has 1 fully saturated rings. The average molecular weight is 324 g/mol. The number of piperazine rings is 1. The second-order valence-electron chi connectivity index (χ2n) is 4.99. The van der Waals surface area contributed by atoms with Crippen molar-refractivity contribution in [3.05, 3.63) is 34.3 Å². The standard InChI is InChI=1S/C14H18ClN5S/c1-16-14-18-17-13(21-14)10-19-5-7-20(8-6-19)12-4-2-3-11(15)9-12/h2-4,9H,5-8,10H2,1H3,(H,16,18). The number of nitrogens with zero attached hydrogens (tertiary/aromatic N) is 4. The van der Waals surface area contributed by atoms with Crippen LogP contribution in [0.5, 0.6) is 0 Å². The lowest BCUT2D eigenvalue weighted by molar-refractivity contribution is 0.249. The van der Waals surface area contributed by atoms with Gasteiger partial charge in [-0.1, -0.05) is 29.0 Å². The molecule has 1 aliphatic heterocycles. The van der Waals surface area contributed by atoms with E-state index in [2.05, 4.69) is 31.4 Å². The minimum absolute atomic E-state index is 0.795. The fraction of sp³-hybridized carbons (Fsp3) is 0.429. The first-order chi connectivity index (χ1) is 10.2. The van der Waals surface area contributed by atoms with E-state index in [4.69, 9.17) is 11.6 Å². The Kier molecular flexibility index (Phi) is 4.57. The molecule has 0 spiro atoms. The minimum atomic E-state index is 0.795. The van der Waals surface area contributed by atoms with Gasteiger partial charge in [0.25, 0.3) is 0 Å². The summed E-state index contributed by atoms with van der Waals surface area (Å²) < 4.78 is 0. The van der Waals surface area contributed by atoms with Gasteiger partial charge in [-0.15, -0.1) is 10.2 Å². The summed E-state index contributed by atoms with van der Waals surface area (Å²) >= 11 is 7.68. The predicted molar refractivity (Wildman–Crippen MR) is 88.4 cm³/mol. The van der Waals surface area contributed by atoms with Gasteiger partial charge < -0.3 is 10.2 Å². The largest absolute Gasteiger partial charge is 0.369 e. The third-order valence-corrected chi connectivity index (χ3v) is 4.75. The zero-order chi connectivity index (χ0) is 14.7. The highest BCUT2D eigenvalue weighted by Gasteiger charge is 2.18. The Bertz CT molecular complexity index is 595. The Morgan fingerprint density at radius 3 is 2.71 bits per heavy atom. The Morgan fingerprint density at radius 2 is 2.05 bits per heavy atom. The lowest BCUT2D eigenvalue weighted by atomic mass is 10.2. The maximum atomic E-state index is 6.06. The van der Waals surface area contributed by atoms with Crippen molar-refractivity contribution in [3.8, 4) is 0 Å². The summed E-state index contributed by atoms with van der Waals surface area (Å²) in [6.45, 7) is 4.96. The lowest BCUT2D eigenvalue weighted by Crippen LogP contribution is -2.45. The van der Waals surface area contributed by atoms with Crippen LogP contribution in [0, 0.1) is 0 Å². The quantitative estimate of drug-likeness (QED) is 0.937. The van der Waals surface area contributed by atoms with Gasteiger partial charge in [0.2, 0.25) is 5.13 Å². The van der Waals surface area contributed by atoms with Crippen molar-refractivity contribution < 1.29 is 0 Å². The van der Waals surface area contributed by atoms with Crippen LogP contribution >= 0.6 is 22.9 Å². The molecule has 5 nitrogen and oxygen atoms in total. The van der Waals surface area contributed by atoms with Crippen molar-refractivity contribution in [1.82, 2.24) is 15.1 Å². The highest BCUT2D eigenvalue weighted by atomic mass is 35.5. The van der Waals surface area contributed by atoms with Gasteiger partial charge in [-0.05, 0) is 18.2 Å². The van der Waals surface area contributed by atoms with E-state index in [9.17, 15) is 0 Å². The van der Waals surface area contributed by atoms with Crippen LogP contribution in [0.1, 0.15) is 5.01 Å². The van der Waals surface area contributed by atoms with Gasteiger partial charge in [0.1, 0.15) is 5.01 Å². The van der Waals surface area contributed by atoms with Crippen LogP contribution in [-0.4, -0.2) is 48.3 Å². The van der Waals surface area contributed by atoms with E-state index in [1.54, 1.807) is 11.3 Å². The number of nitrogens with one attached hydrogen (secondary N) is 1. The number of hydrogen-bond donors (Lipinski definition) is 1. The fourth-order valence-electron chi connectivity index (χ4n) is 2.45. The van der Waals surface area contributed by atoms with E-state index < -0.39 is 0 Å². The summed E-state index contributed by atoms with van der Waals surface area (Å²) in [4.78, 5) is 4.79. The zero-order valence-corrected chi connectivity index (χ0v) is 13.5. The van der Waals surface area contributed by atoms with Crippen molar-refractivity contribution in [2.24, 2.45) is 0 Å². The van der Waals surface area contributed by atoms with Gasteiger partial charge >= 0.3 is 0 Å². The molecule has 0 radical (unpaired) electrons. The van der Waals surface area contributed by atoms with Crippen LogP contribution in [-0.2, 0) is 6.54 Å². The minimum Gasteiger partial charge on any atom is -0.369 e. The summed E-state index contributed by atoms with van der Waals surface area (Å²) in [6.07, 6.45) is 0. The van der Waals surface area contributed by atoms with Gasteiger partial charge in [0.15, 0.2) is 0 Å². The predicted octanol–water partition coefficient (Wildman–Crippen LogP) is 2.56. The van der Waals surface area contributed by atoms with Gasteiger partial charge in [0, 0.05) is 43.9 Å². The third-order valence-electron chi connectivity index (χ3n) is 3.59. The molecule has 0 atom stereocenters. The molecule has 112 valence electrons. The molecular formula is C14H18ClN5S. The molecule has 1 saturated heterocycles. The number of benzene rings is 1. The summed E-state index contributed by atoms with van der Waals surface area (Å²) in [5.74, 6) is 0. The Morgan fingerprint density at radius 1 is 1.24 bits per heavy atom. The van der Waals surface area contributed by atoms with Crippen molar-refractivity contribution in [1.29, 1.82) is 0 Å². The van der Waals surface area contributed by atoms with Crippen LogP contribution in [0.2, 0.25) is 5.02 Å². The molecular weight excluding hydrogens is 306 g/mol. The molecule has 1 N–H and O–H groups in total. The molecule has 3 rings (SSSR count). The smallest absolute Gasteiger partial charge is 0.205 e. The molecule has 0 bridgehead atoms. The van der Waals surface area contributed by atoms with Gasteiger partial charge in [-0.3, -0.25) is 4.90 Å². The van der Waals surface area contributed by atoms with E-state index in [0.29, 0.717) is 0 Å². The first-order valence-electron chi connectivity index (χ1n) is 6.97. The van der Waals surface area contributed by atoms with Crippen LogP contribution in [0.25, 0.3) is 0 Å². The Balaban J connectivity index is 1.55. The second-order valence-corrected chi connectivity index (χ2v) is 6.49.